The predicted octanol–water partition coefficient (Wildman–Crippen LogP) is 3.93. The largest absolute Gasteiger partial charge is 0.384 e. The first-order chi connectivity index (χ1) is 10.7. The third kappa shape index (κ3) is 4.62. The van der Waals surface area contributed by atoms with E-state index in [4.69, 9.17) is 0 Å². The third-order valence-electron chi connectivity index (χ3n) is 3.74. The maximum Gasteiger partial charge on any atom is 0.222 e. The van der Waals surface area contributed by atoms with Gasteiger partial charge in [0.15, 0.2) is 0 Å². The minimum Gasteiger partial charge on any atom is -0.384 e. The number of para-hydroxylation sites is 1. The first-order valence-corrected chi connectivity index (χ1v) is 7.86. The summed E-state index contributed by atoms with van der Waals surface area (Å²) in [5.74, 6) is 0.0674. The van der Waals surface area contributed by atoms with E-state index < -0.39 is 0 Å². The SMILES string of the molecule is CCc1ccccc1NCCC(=O)NC(C)c1ccccc1. The first kappa shape index (κ1) is 16.1. The molecule has 3 nitrogen and oxygen atoms in total. The molecule has 0 aromatic heterocycles. The summed E-state index contributed by atoms with van der Waals surface area (Å²) in [6, 6.07) is 18.3. The average Bonchev–Trinajstić information content (AvgIpc) is 2.56. The number of aryl methyl sites for hydroxylation is 1. The van der Waals surface area contributed by atoms with Crippen molar-refractivity contribution < 1.29 is 4.79 Å². The van der Waals surface area contributed by atoms with Crippen molar-refractivity contribution in [3.8, 4) is 0 Å². The van der Waals surface area contributed by atoms with Gasteiger partial charge in [-0.15, -0.1) is 0 Å². The minimum atomic E-state index is 0.0385. The second-order valence-corrected chi connectivity index (χ2v) is 5.39. The maximum absolute atomic E-state index is 12.0. The Morgan fingerprint density at radius 3 is 2.45 bits per heavy atom. The Kier molecular flexibility index (Phi) is 6.01. The van der Waals surface area contributed by atoms with E-state index in [9.17, 15) is 4.79 Å². The van der Waals surface area contributed by atoms with Gasteiger partial charge in [-0.1, -0.05) is 55.5 Å². The topological polar surface area (TPSA) is 41.1 Å². The number of hydrogen-bond acceptors (Lipinski definition) is 2. The highest BCUT2D eigenvalue weighted by Crippen LogP contribution is 2.15. The van der Waals surface area contributed by atoms with E-state index in [1.807, 2.05) is 49.4 Å². The molecule has 0 spiro atoms. The monoisotopic (exact) mass is 296 g/mol. The lowest BCUT2D eigenvalue weighted by Gasteiger charge is -2.15. The van der Waals surface area contributed by atoms with Crippen LogP contribution in [0.5, 0.6) is 0 Å². The van der Waals surface area contributed by atoms with Crippen molar-refractivity contribution in [2.75, 3.05) is 11.9 Å². The van der Waals surface area contributed by atoms with Crippen molar-refractivity contribution in [1.82, 2.24) is 5.32 Å². The molecule has 0 heterocycles. The number of amides is 1. The zero-order valence-corrected chi connectivity index (χ0v) is 13.3. The van der Waals surface area contributed by atoms with Crippen LogP contribution >= 0.6 is 0 Å². The van der Waals surface area contributed by atoms with Crippen molar-refractivity contribution >= 4 is 11.6 Å². The van der Waals surface area contributed by atoms with Crippen molar-refractivity contribution in [1.29, 1.82) is 0 Å². The normalized spacial score (nSPS) is 11.7. The maximum atomic E-state index is 12.0. The predicted molar refractivity (Wildman–Crippen MR) is 91.9 cm³/mol. The molecular formula is C19H24N2O. The molecule has 0 saturated carbocycles. The van der Waals surface area contributed by atoms with Crippen LogP contribution in [-0.2, 0) is 11.2 Å². The summed E-state index contributed by atoms with van der Waals surface area (Å²) in [4.78, 5) is 12.0. The number of carbonyl (C=O) groups is 1. The van der Waals surface area contributed by atoms with Crippen LogP contribution in [0.15, 0.2) is 54.6 Å². The number of hydrogen-bond donors (Lipinski definition) is 2. The molecule has 3 heteroatoms. The molecule has 2 aromatic rings. The molecular weight excluding hydrogens is 272 g/mol. The fourth-order valence-electron chi connectivity index (χ4n) is 2.45. The minimum absolute atomic E-state index is 0.0385. The molecule has 2 aromatic carbocycles. The van der Waals surface area contributed by atoms with Crippen molar-refractivity contribution in [3.05, 3.63) is 65.7 Å². The molecule has 0 bridgehead atoms. The Hall–Kier alpha value is -2.29. The van der Waals surface area contributed by atoms with Gasteiger partial charge in [0.25, 0.3) is 0 Å². The van der Waals surface area contributed by atoms with Gasteiger partial charge in [-0.05, 0) is 30.5 Å². The smallest absolute Gasteiger partial charge is 0.222 e. The molecule has 1 unspecified atom stereocenters. The van der Waals surface area contributed by atoms with Gasteiger partial charge in [0.2, 0.25) is 5.91 Å². The van der Waals surface area contributed by atoms with Gasteiger partial charge in [0.05, 0.1) is 6.04 Å². The van der Waals surface area contributed by atoms with Crippen LogP contribution in [-0.4, -0.2) is 12.5 Å². The fraction of sp³-hybridized carbons (Fsp3) is 0.316. The van der Waals surface area contributed by atoms with E-state index in [1.165, 1.54) is 5.56 Å². The summed E-state index contributed by atoms with van der Waals surface area (Å²) in [7, 11) is 0. The zero-order chi connectivity index (χ0) is 15.8. The van der Waals surface area contributed by atoms with E-state index >= 15 is 0 Å². The van der Waals surface area contributed by atoms with E-state index in [-0.39, 0.29) is 11.9 Å². The summed E-state index contributed by atoms with van der Waals surface area (Å²) in [6.45, 7) is 4.78. The summed E-state index contributed by atoms with van der Waals surface area (Å²) in [5.41, 5.74) is 3.52. The molecule has 0 aliphatic rings. The van der Waals surface area contributed by atoms with Gasteiger partial charge in [0.1, 0.15) is 0 Å². The molecule has 1 amide bonds. The number of benzene rings is 2. The van der Waals surface area contributed by atoms with E-state index in [1.54, 1.807) is 0 Å². The Bertz CT molecular complexity index is 595. The molecule has 1 atom stereocenters. The van der Waals surface area contributed by atoms with Gasteiger partial charge in [0, 0.05) is 18.7 Å². The van der Waals surface area contributed by atoms with Crippen LogP contribution in [0.25, 0.3) is 0 Å². The van der Waals surface area contributed by atoms with Gasteiger partial charge < -0.3 is 10.6 Å². The Labute approximate surface area is 132 Å². The fourth-order valence-corrected chi connectivity index (χ4v) is 2.45. The van der Waals surface area contributed by atoms with Crippen LogP contribution in [0.3, 0.4) is 0 Å². The van der Waals surface area contributed by atoms with Gasteiger partial charge in [-0.25, -0.2) is 0 Å². The lowest BCUT2D eigenvalue weighted by atomic mass is 10.1. The van der Waals surface area contributed by atoms with Crippen LogP contribution in [0.4, 0.5) is 5.69 Å². The van der Waals surface area contributed by atoms with E-state index in [0.29, 0.717) is 13.0 Å². The van der Waals surface area contributed by atoms with Gasteiger partial charge in [-0.3, -0.25) is 4.79 Å². The van der Waals surface area contributed by atoms with Crippen molar-refractivity contribution in [3.63, 3.8) is 0 Å². The lowest BCUT2D eigenvalue weighted by Crippen LogP contribution is -2.28. The zero-order valence-electron chi connectivity index (χ0n) is 13.3. The second-order valence-electron chi connectivity index (χ2n) is 5.39. The van der Waals surface area contributed by atoms with Crippen LogP contribution in [0.2, 0.25) is 0 Å². The molecule has 0 fully saturated rings. The van der Waals surface area contributed by atoms with Crippen molar-refractivity contribution in [2.45, 2.75) is 32.7 Å². The van der Waals surface area contributed by atoms with E-state index in [2.05, 4.69) is 29.7 Å². The Morgan fingerprint density at radius 2 is 1.73 bits per heavy atom. The molecule has 22 heavy (non-hydrogen) atoms. The molecule has 2 rings (SSSR count). The summed E-state index contributed by atoms with van der Waals surface area (Å²) < 4.78 is 0. The standard InChI is InChI=1S/C19H24N2O/c1-3-16-9-7-8-12-18(16)20-14-13-19(22)21-15(2)17-10-5-4-6-11-17/h4-12,15,20H,3,13-14H2,1-2H3,(H,21,22). The average molecular weight is 296 g/mol. The third-order valence-corrected chi connectivity index (χ3v) is 3.74. The summed E-state index contributed by atoms with van der Waals surface area (Å²) >= 11 is 0. The second kappa shape index (κ2) is 8.23. The molecule has 2 N–H and O–H groups in total. The highest BCUT2D eigenvalue weighted by molar-refractivity contribution is 5.77. The van der Waals surface area contributed by atoms with Crippen LogP contribution in [0, 0.1) is 0 Å². The van der Waals surface area contributed by atoms with Crippen LogP contribution in [0.1, 0.15) is 37.4 Å². The number of carbonyl (C=O) groups excluding carboxylic acids is 1. The van der Waals surface area contributed by atoms with Gasteiger partial charge >= 0.3 is 0 Å². The molecule has 0 saturated heterocycles. The Balaban J connectivity index is 1.78. The first-order valence-electron chi connectivity index (χ1n) is 7.86. The number of anilines is 1. The highest BCUT2D eigenvalue weighted by atomic mass is 16.1. The molecule has 0 aliphatic heterocycles. The van der Waals surface area contributed by atoms with Crippen molar-refractivity contribution in [2.24, 2.45) is 0 Å². The van der Waals surface area contributed by atoms with Gasteiger partial charge in [-0.2, -0.15) is 0 Å². The summed E-state index contributed by atoms with van der Waals surface area (Å²) in [5, 5.41) is 6.38. The van der Waals surface area contributed by atoms with E-state index in [0.717, 1.165) is 17.7 Å². The number of rotatable bonds is 7. The highest BCUT2D eigenvalue weighted by Gasteiger charge is 2.09. The molecule has 116 valence electrons. The lowest BCUT2D eigenvalue weighted by molar-refractivity contribution is -0.121. The van der Waals surface area contributed by atoms with Crippen LogP contribution < -0.4 is 10.6 Å². The Morgan fingerprint density at radius 1 is 1.05 bits per heavy atom. The molecule has 0 aliphatic carbocycles. The summed E-state index contributed by atoms with van der Waals surface area (Å²) in [6.07, 6.45) is 1.45. The number of nitrogens with one attached hydrogen (secondary N) is 2. The quantitative estimate of drug-likeness (QED) is 0.813. The molecule has 0 radical (unpaired) electrons.